The zero-order valence-corrected chi connectivity index (χ0v) is 19.1. The molecule has 1 aliphatic heterocycles. The molecule has 164 valence electrons. The second-order valence-electron chi connectivity index (χ2n) is 8.34. The van der Waals surface area contributed by atoms with Crippen molar-refractivity contribution in [3.05, 3.63) is 33.4 Å². The van der Waals surface area contributed by atoms with Gasteiger partial charge in [0.1, 0.15) is 5.60 Å². The summed E-state index contributed by atoms with van der Waals surface area (Å²) in [5, 5.41) is 11.3. The van der Waals surface area contributed by atoms with Gasteiger partial charge in [-0.1, -0.05) is 13.8 Å². The van der Waals surface area contributed by atoms with Crippen molar-refractivity contribution in [2.45, 2.75) is 85.9 Å². The Morgan fingerprint density at radius 2 is 1.76 bits per heavy atom. The van der Waals surface area contributed by atoms with Crippen LogP contribution in [-0.4, -0.2) is 40.7 Å². The van der Waals surface area contributed by atoms with Crippen LogP contribution in [0.15, 0.2) is 12.1 Å². The smallest absolute Gasteiger partial charge is 0.410 e. The number of carbonyl (C=O) groups is 1. The molecule has 0 spiro atoms. The van der Waals surface area contributed by atoms with Crippen LogP contribution in [0.5, 0.6) is 5.75 Å². The molecule has 1 fully saturated rings. The Balaban J connectivity index is 0.00000204. The molecule has 2 rings (SSSR count). The minimum atomic E-state index is -0.508. The monoisotopic (exact) mass is 408 g/mol. The van der Waals surface area contributed by atoms with E-state index in [1.54, 1.807) is 17.0 Å². The Hall–Kier alpha value is -2.31. The zero-order valence-electron chi connectivity index (χ0n) is 19.1. The highest BCUT2D eigenvalue weighted by atomic mass is 16.6. The molecular weight excluding hydrogens is 372 g/mol. The van der Waals surface area contributed by atoms with E-state index in [0.29, 0.717) is 18.8 Å². The number of ether oxygens (including phenoxy) is 2. The average molecular weight is 409 g/mol. The molecule has 1 amide bonds. The predicted octanol–water partition coefficient (Wildman–Crippen LogP) is 5.83. The first-order chi connectivity index (χ1) is 13.5. The third kappa shape index (κ3) is 7.22. The van der Waals surface area contributed by atoms with Gasteiger partial charge in [0.2, 0.25) is 0 Å². The molecule has 1 aromatic carbocycles. The summed E-state index contributed by atoms with van der Waals surface area (Å²) in [6, 6.07) is 3.40. The molecule has 0 N–H and O–H groups in total. The second-order valence-corrected chi connectivity index (χ2v) is 8.34. The maximum Gasteiger partial charge on any atom is 0.410 e. The van der Waals surface area contributed by atoms with Crippen LogP contribution in [0.2, 0.25) is 0 Å². The average Bonchev–Trinajstić information content (AvgIpc) is 2.62. The Morgan fingerprint density at radius 3 is 2.21 bits per heavy atom. The number of hydrogen-bond donors (Lipinski definition) is 0. The fraction of sp³-hybridized carbons (Fsp3) is 0.682. The summed E-state index contributed by atoms with van der Waals surface area (Å²) in [4.78, 5) is 24.9. The van der Waals surface area contributed by atoms with Gasteiger partial charge in [-0.3, -0.25) is 10.1 Å². The van der Waals surface area contributed by atoms with Gasteiger partial charge >= 0.3 is 11.8 Å². The van der Waals surface area contributed by atoms with Crippen molar-refractivity contribution in [3.63, 3.8) is 0 Å². The SMILES string of the molecule is CC.Cc1cc([N+](=O)[O-])c(OC(C)C)cc1C1CCN(C(=O)OC(C)(C)C)CC1. The van der Waals surface area contributed by atoms with Crippen molar-refractivity contribution in [2.75, 3.05) is 13.1 Å². The molecule has 7 nitrogen and oxygen atoms in total. The summed E-state index contributed by atoms with van der Waals surface area (Å²) < 4.78 is 11.1. The Bertz CT molecular complexity index is 702. The molecule has 7 heteroatoms. The summed E-state index contributed by atoms with van der Waals surface area (Å²) in [5.74, 6) is 0.546. The van der Waals surface area contributed by atoms with E-state index in [0.717, 1.165) is 24.0 Å². The fourth-order valence-corrected chi connectivity index (χ4v) is 3.32. The molecule has 0 bridgehead atoms. The highest BCUT2D eigenvalue weighted by Gasteiger charge is 2.29. The van der Waals surface area contributed by atoms with Crippen LogP contribution in [0.25, 0.3) is 0 Å². The zero-order chi connectivity index (χ0) is 22.4. The van der Waals surface area contributed by atoms with E-state index >= 15 is 0 Å². The molecule has 0 saturated carbocycles. The second kappa shape index (κ2) is 10.5. The molecule has 1 aromatic rings. The van der Waals surface area contributed by atoms with Crippen molar-refractivity contribution >= 4 is 11.8 Å². The van der Waals surface area contributed by atoms with Crippen molar-refractivity contribution in [1.29, 1.82) is 0 Å². The number of amides is 1. The van der Waals surface area contributed by atoms with Gasteiger partial charge in [0, 0.05) is 19.2 Å². The molecule has 1 aliphatic rings. The van der Waals surface area contributed by atoms with E-state index in [-0.39, 0.29) is 23.8 Å². The lowest BCUT2D eigenvalue weighted by Gasteiger charge is -2.34. The van der Waals surface area contributed by atoms with E-state index < -0.39 is 10.5 Å². The summed E-state index contributed by atoms with van der Waals surface area (Å²) in [6.45, 7) is 16.4. The van der Waals surface area contributed by atoms with Crippen LogP contribution >= 0.6 is 0 Å². The van der Waals surface area contributed by atoms with E-state index in [1.165, 1.54) is 0 Å². The first-order valence-corrected chi connectivity index (χ1v) is 10.4. The lowest BCUT2D eigenvalue weighted by Crippen LogP contribution is -2.41. The summed E-state index contributed by atoms with van der Waals surface area (Å²) in [6.07, 6.45) is 1.15. The number of aryl methyl sites for hydroxylation is 1. The number of piperidine rings is 1. The molecular formula is C22H36N2O5. The normalized spacial score (nSPS) is 14.9. The first-order valence-electron chi connectivity index (χ1n) is 10.4. The fourth-order valence-electron chi connectivity index (χ4n) is 3.32. The van der Waals surface area contributed by atoms with Gasteiger partial charge in [-0.2, -0.15) is 0 Å². The topological polar surface area (TPSA) is 81.9 Å². The lowest BCUT2D eigenvalue weighted by molar-refractivity contribution is -0.386. The first kappa shape index (κ1) is 24.7. The number of nitrogens with zero attached hydrogens (tertiary/aromatic N) is 2. The van der Waals surface area contributed by atoms with Crippen molar-refractivity contribution in [2.24, 2.45) is 0 Å². The number of rotatable bonds is 4. The molecule has 0 aromatic heterocycles. The van der Waals surface area contributed by atoms with Crippen LogP contribution in [0.4, 0.5) is 10.5 Å². The lowest BCUT2D eigenvalue weighted by atomic mass is 9.86. The number of nitro benzene ring substituents is 1. The molecule has 0 aliphatic carbocycles. The highest BCUT2D eigenvalue weighted by Crippen LogP contribution is 2.38. The largest absolute Gasteiger partial charge is 0.484 e. The third-order valence-corrected chi connectivity index (χ3v) is 4.49. The van der Waals surface area contributed by atoms with E-state index in [4.69, 9.17) is 9.47 Å². The number of carbonyl (C=O) groups excluding carboxylic acids is 1. The van der Waals surface area contributed by atoms with Crippen LogP contribution < -0.4 is 4.74 Å². The van der Waals surface area contributed by atoms with E-state index in [1.807, 2.05) is 55.4 Å². The van der Waals surface area contributed by atoms with E-state index in [2.05, 4.69) is 0 Å². The molecule has 1 saturated heterocycles. The van der Waals surface area contributed by atoms with Crippen molar-refractivity contribution in [1.82, 2.24) is 4.90 Å². The minimum Gasteiger partial charge on any atom is -0.484 e. The van der Waals surface area contributed by atoms with Gasteiger partial charge in [0.05, 0.1) is 11.0 Å². The predicted molar refractivity (Wildman–Crippen MR) is 115 cm³/mol. The van der Waals surface area contributed by atoms with Crippen molar-refractivity contribution in [3.8, 4) is 5.75 Å². The van der Waals surface area contributed by atoms with Gasteiger partial charge < -0.3 is 14.4 Å². The summed E-state index contributed by atoms with van der Waals surface area (Å²) >= 11 is 0. The quantitative estimate of drug-likeness (QED) is 0.462. The van der Waals surface area contributed by atoms with Crippen molar-refractivity contribution < 1.29 is 19.2 Å². The summed E-state index contributed by atoms with van der Waals surface area (Å²) in [7, 11) is 0. The van der Waals surface area contributed by atoms with Gasteiger partial charge in [0.15, 0.2) is 5.75 Å². The Kier molecular flexibility index (Phi) is 8.92. The standard InChI is InChI=1S/C20H30N2O5.C2H6/c1-13(2)26-18-12-16(14(3)11-17(18)22(24)25)15-7-9-21(10-8-15)19(23)27-20(4,5)6;1-2/h11-13,15H,7-10H2,1-6H3;1-2H3. The number of hydrogen-bond acceptors (Lipinski definition) is 5. The molecule has 0 atom stereocenters. The van der Waals surface area contributed by atoms with Gasteiger partial charge in [-0.15, -0.1) is 0 Å². The van der Waals surface area contributed by atoms with Gasteiger partial charge in [-0.05, 0) is 77.5 Å². The summed E-state index contributed by atoms with van der Waals surface area (Å²) in [5.41, 5.74) is 1.43. The maximum atomic E-state index is 12.2. The van der Waals surface area contributed by atoms with Crippen LogP contribution in [0.3, 0.4) is 0 Å². The molecule has 29 heavy (non-hydrogen) atoms. The highest BCUT2D eigenvalue weighted by molar-refractivity contribution is 5.68. The molecule has 1 heterocycles. The number of likely N-dealkylation sites (tertiary alicyclic amines) is 1. The molecule has 0 radical (unpaired) electrons. The van der Waals surface area contributed by atoms with Crippen LogP contribution in [0, 0.1) is 17.0 Å². The Morgan fingerprint density at radius 1 is 1.21 bits per heavy atom. The molecule has 0 unspecified atom stereocenters. The van der Waals surface area contributed by atoms with Gasteiger partial charge in [0.25, 0.3) is 0 Å². The van der Waals surface area contributed by atoms with Crippen LogP contribution in [0.1, 0.15) is 78.4 Å². The number of nitro groups is 1. The van der Waals surface area contributed by atoms with E-state index in [9.17, 15) is 14.9 Å². The van der Waals surface area contributed by atoms with Crippen LogP contribution in [-0.2, 0) is 4.74 Å². The third-order valence-electron chi connectivity index (χ3n) is 4.49. The minimum absolute atomic E-state index is 0.00357. The number of benzene rings is 1. The Labute approximate surface area is 174 Å². The van der Waals surface area contributed by atoms with Gasteiger partial charge in [-0.25, -0.2) is 4.79 Å². The maximum absolute atomic E-state index is 12.2.